The van der Waals surface area contributed by atoms with E-state index < -0.39 is 0 Å². The molecule has 1 aliphatic heterocycles. The molecule has 1 aromatic carbocycles. The molecule has 0 atom stereocenters. The first-order chi connectivity index (χ1) is 9.33. The summed E-state index contributed by atoms with van der Waals surface area (Å²) >= 11 is 7.92. The molecule has 0 amide bonds. The van der Waals surface area contributed by atoms with E-state index in [0.717, 1.165) is 54.0 Å². The standard InChI is InChI=1S/C14H16ClN3S.2ClH/c15-12-4-2-1-3-11(12)13-10-19-14(17-13)9-18-7-5-16-6-8-18;;/h1-4,10,16H,5-9H2;2*1H. The maximum atomic E-state index is 6.21. The van der Waals surface area contributed by atoms with E-state index in [4.69, 9.17) is 16.6 Å². The van der Waals surface area contributed by atoms with Gasteiger partial charge in [0.25, 0.3) is 0 Å². The summed E-state index contributed by atoms with van der Waals surface area (Å²) in [5, 5.41) is 7.39. The number of rotatable bonds is 3. The molecule has 1 saturated heterocycles. The number of benzene rings is 1. The van der Waals surface area contributed by atoms with Crippen LogP contribution in [0, 0.1) is 0 Å². The predicted octanol–water partition coefficient (Wildman–Crippen LogP) is 3.71. The molecule has 1 N–H and O–H groups in total. The second-order valence-corrected chi connectivity index (χ2v) is 5.98. The maximum absolute atomic E-state index is 6.21. The average Bonchev–Trinajstić information content (AvgIpc) is 2.89. The predicted molar refractivity (Wildman–Crippen MR) is 95.2 cm³/mol. The van der Waals surface area contributed by atoms with Crippen LogP contribution in [0.1, 0.15) is 5.01 Å². The van der Waals surface area contributed by atoms with Crippen molar-refractivity contribution in [1.29, 1.82) is 0 Å². The Morgan fingerprint density at radius 3 is 2.62 bits per heavy atom. The van der Waals surface area contributed by atoms with Crippen molar-refractivity contribution in [1.82, 2.24) is 15.2 Å². The van der Waals surface area contributed by atoms with Gasteiger partial charge >= 0.3 is 0 Å². The van der Waals surface area contributed by atoms with Crippen molar-refractivity contribution >= 4 is 47.8 Å². The first kappa shape index (κ1) is 18.7. The van der Waals surface area contributed by atoms with Gasteiger partial charge in [0.2, 0.25) is 0 Å². The lowest BCUT2D eigenvalue weighted by Gasteiger charge is -2.26. The fraction of sp³-hybridized carbons (Fsp3) is 0.357. The van der Waals surface area contributed by atoms with Gasteiger partial charge in [0, 0.05) is 42.1 Å². The summed E-state index contributed by atoms with van der Waals surface area (Å²) in [5.74, 6) is 0. The van der Waals surface area contributed by atoms with E-state index in [1.807, 2.05) is 24.3 Å². The van der Waals surface area contributed by atoms with Crippen molar-refractivity contribution < 1.29 is 0 Å². The summed E-state index contributed by atoms with van der Waals surface area (Å²) in [6, 6.07) is 7.87. The van der Waals surface area contributed by atoms with E-state index in [0.29, 0.717) is 0 Å². The summed E-state index contributed by atoms with van der Waals surface area (Å²) < 4.78 is 0. The molecule has 3 nitrogen and oxygen atoms in total. The number of hydrogen-bond donors (Lipinski definition) is 1. The lowest BCUT2D eigenvalue weighted by Crippen LogP contribution is -2.42. The zero-order valence-corrected chi connectivity index (χ0v) is 14.6. The normalized spacial score (nSPS) is 15.1. The molecule has 0 aliphatic carbocycles. The molecular weight excluding hydrogens is 349 g/mol. The molecule has 0 radical (unpaired) electrons. The van der Waals surface area contributed by atoms with Crippen LogP contribution in [-0.2, 0) is 6.54 Å². The van der Waals surface area contributed by atoms with Gasteiger partial charge in [0.1, 0.15) is 5.01 Å². The van der Waals surface area contributed by atoms with Gasteiger partial charge in [0.05, 0.1) is 12.2 Å². The van der Waals surface area contributed by atoms with Crippen LogP contribution in [0.15, 0.2) is 29.6 Å². The van der Waals surface area contributed by atoms with Crippen LogP contribution in [0.5, 0.6) is 0 Å². The van der Waals surface area contributed by atoms with Crippen molar-refractivity contribution in [3.05, 3.63) is 39.7 Å². The molecule has 1 aromatic heterocycles. The molecule has 7 heteroatoms. The Bertz CT molecular complexity index is 556. The Morgan fingerprint density at radius 2 is 1.90 bits per heavy atom. The number of hydrogen-bond acceptors (Lipinski definition) is 4. The van der Waals surface area contributed by atoms with Gasteiger partial charge in [0.15, 0.2) is 0 Å². The Labute approximate surface area is 146 Å². The minimum Gasteiger partial charge on any atom is -0.314 e. The molecule has 1 fully saturated rings. The van der Waals surface area contributed by atoms with E-state index in [1.165, 1.54) is 0 Å². The highest BCUT2D eigenvalue weighted by atomic mass is 35.5. The van der Waals surface area contributed by atoms with Crippen molar-refractivity contribution in [3.8, 4) is 11.3 Å². The molecular formula is C14H18Cl3N3S. The quantitative estimate of drug-likeness (QED) is 0.897. The Morgan fingerprint density at radius 1 is 1.19 bits per heavy atom. The topological polar surface area (TPSA) is 28.2 Å². The molecule has 116 valence electrons. The molecule has 2 aromatic rings. The molecule has 0 bridgehead atoms. The largest absolute Gasteiger partial charge is 0.314 e. The molecule has 21 heavy (non-hydrogen) atoms. The zero-order chi connectivity index (χ0) is 13.1. The first-order valence-electron chi connectivity index (χ1n) is 6.45. The average molecular weight is 367 g/mol. The third-order valence-corrected chi connectivity index (χ3v) is 4.43. The van der Waals surface area contributed by atoms with Crippen molar-refractivity contribution in [2.75, 3.05) is 26.2 Å². The van der Waals surface area contributed by atoms with Crippen LogP contribution in [0.3, 0.4) is 0 Å². The van der Waals surface area contributed by atoms with Gasteiger partial charge in [-0.3, -0.25) is 4.90 Å². The van der Waals surface area contributed by atoms with Gasteiger partial charge in [-0.05, 0) is 6.07 Å². The van der Waals surface area contributed by atoms with Crippen LogP contribution < -0.4 is 5.32 Å². The number of thiazole rings is 1. The maximum Gasteiger partial charge on any atom is 0.107 e. The van der Waals surface area contributed by atoms with Crippen LogP contribution in [0.2, 0.25) is 5.02 Å². The van der Waals surface area contributed by atoms with Crippen LogP contribution >= 0.6 is 47.8 Å². The van der Waals surface area contributed by atoms with E-state index in [2.05, 4.69) is 15.6 Å². The van der Waals surface area contributed by atoms with Gasteiger partial charge in [-0.25, -0.2) is 4.98 Å². The van der Waals surface area contributed by atoms with Crippen LogP contribution in [0.4, 0.5) is 0 Å². The number of nitrogens with one attached hydrogen (secondary N) is 1. The Kier molecular flexibility index (Phi) is 7.95. The molecule has 0 spiro atoms. The highest BCUT2D eigenvalue weighted by Gasteiger charge is 2.13. The summed E-state index contributed by atoms with van der Waals surface area (Å²) in [6.07, 6.45) is 0. The number of piperazine rings is 1. The van der Waals surface area contributed by atoms with Gasteiger partial charge in [-0.1, -0.05) is 29.8 Å². The summed E-state index contributed by atoms with van der Waals surface area (Å²) in [4.78, 5) is 7.14. The minimum atomic E-state index is 0. The molecule has 2 heterocycles. The van der Waals surface area contributed by atoms with Gasteiger partial charge in [-0.15, -0.1) is 36.2 Å². The fourth-order valence-electron chi connectivity index (χ4n) is 2.24. The molecule has 0 unspecified atom stereocenters. The second-order valence-electron chi connectivity index (χ2n) is 4.63. The van der Waals surface area contributed by atoms with E-state index in [-0.39, 0.29) is 24.8 Å². The van der Waals surface area contributed by atoms with Crippen molar-refractivity contribution in [2.45, 2.75) is 6.54 Å². The summed E-state index contributed by atoms with van der Waals surface area (Å²) in [5.41, 5.74) is 2.01. The lowest BCUT2D eigenvalue weighted by atomic mass is 10.2. The van der Waals surface area contributed by atoms with Crippen LogP contribution in [0.25, 0.3) is 11.3 Å². The summed E-state index contributed by atoms with van der Waals surface area (Å²) in [6.45, 7) is 5.28. The molecule has 1 aliphatic rings. The zero-order valence-electron chi connectivity index (χ0n) is 11.4. The Balaban J connectivity index is 0.00000110. The van der Waals surface area contributed by atoms with E-state index in [1.54, 1.807) is 11.3 Å². The SMILES string of the molecule is Cl.Cl.Clc1ccccc1-c1csc(CN2CCNCC2)n1. The minimum absolute atomic E-state index is 0. The van der Waals surface area contributed by atoms with Crippen molar-refractivity contribution in [3.63, 3.8) is 0 Å². The number of aromatic nitrogens is 1. The molecule has 0 saturated carbocycles. The third kappa shape index (κ3) is 4.81. The number of nitrogens with zero attached hydrogens (tertiary/aromatic N) is 2. The third-order valence-electron chi connectivity index (χ3n) is 3.27. The molecule has 3 rings (SSSR count). The van der Waals surface area contributed by atoms with Gasteiger partial charge in [-0.2, -0.15) is 0 Å². The fourth-order valence-corrected chi connectivity index (χ4v) is 3.30. The van der Waals surface area contributed by atoms with Crippen molar-refractivity contribution in [2.24, 2.45) is 0 Å². The number of halogens is 3. The highest BCUT2D eigenvalue weighted by Crippen LogP contribution is 2.28. The lowest BCUT2D eigenvalue weighted by molar-refractivity contribution is 0.233. The van der Waals surface area contributed by atoms with E-state index in [9.17, 15) is 0 Å². The van der Waals surface area contributed by atoms with Gasteiger partial charge < -0.3 is 5.32 Å². The first-order valence-corrected chi connectivity index (χ1v) is 7.71. The van der Waals surface area contributed by atoms with E-state index >= 15 is 0 Å². The highest BCUT2D eigenvalue weighted by molar-refractivity contribution is 7.09. The Hall–Kier alpha value is -0.360. The smallest absolute Gasteiger partial charge is 0.107 e. The van der Waals surface area contributed by atoms with Crippen LogP contribution in [-0.4, -0.2) is 36.1 Å². The summed E-state index contributed by atoms with van der Waals surface area (Å²) in [7, 11) is 0. The monoisotopic (exact) mass is 365 g/mol. The second kappa shape index (κ2) is 8.93.